The fraction of sp³-hybridized carbons (Fsp3) is 0.154. The molecular weight excluding hydrogens is 315 g/mol. The Kier molecular flexibility index (Phi) is 3.83. The lowest BCUT2D eigenvalue weighted by Crippen LogP contribution is -1.96. The monoisotopic (exact) mass is 324 g/mol. The maximum Gasteiger partial charge on any atom is 0.254 e. The maximum atomic E-state index is 6.14. The van der Waals surface area contributed by atoms with Crippen LogP contribution in [0.25, 0.3) is 5.78 Å². The molecule has 0 amide bonds. The highest BCUT2D eigenvalue weighted by atomic mass is 35.5. The van der Waals surface area contributed by atoms with Crippen LogP contribution in [0, 0.1) is 6.92 Å². The SMILES string of the molecule is Cc1nc2nc(SCc3ccccc3)nn2c(Cl)c1Cl. The number of thioether (sulfide) groups is 1. The van der Waals surface area contributed by atoms with Gasteiger partial charge in [-0.05, 0) is 12.5 Å². The van der Waals surface area contributed by atoms with Crippen molar-refractivity contribution in [2.75, 3.05) is 0 Å². The standard InChI is InChI=1S/C13H10Cl2N4S/c1-8-10(14)11(15)19-12(16-8)17-13(18-19)20-7-9-5-3-2-4-6-9/h2-6H,7H2,1H3. The third-order valence-corrected chi connectivity index (χ3v) is 4.54. The highest BCUT2D eigenvalue weighted by Crippen LogP contribution is 2.26. The van der Waals surface area contributed by atoms with Gasteiger partial charge in [-0.1, -0.05) is 65.3 Å². The second-order valence-electron chi connectivity index (χ2n) is 4.18. The molecule has 0 bridgehead atoms. The summed E-state index contributed by atoms with van der Waals surface area (Å²) in [5.41, 5.74) is 1.86. The number of fused-ring (bicyclic) bond motifs is 1. The van der Waals surface area contributed by atoms with Gasteiger partial charge in [0.25, 0.3) is 5.78 Å². The first kappa shape index (κ1) is 13.7. The van der Waals surface area contributed by atoms with Crippen LogP contribution in [-0.2, 0) is 5.75 Å². The highest BCUT2D eigenvalue weighted by molar-refractivity contribution is 7.98. The molecule has 2 heterocycles. The number of hydrogen-bond donors (Lipinski definition) is 0. The summed E-state index contributed by atoms with van der Waals surface area (Å²) in [6, 6.07) is 10.1. The Bertz CT molecular complexity index is 758. The predicted molar refractivity (Wildman–Crippen MR) is 81.5 cm³/mol. The molecule has 0 aliphatic carbocycles. The first-order valence-electron chi connectivity index (χ1n) is 5.90. The van der Waals surface area contributed by atoms with Crippen molar-refractivity contribution in [3.8, 4) is 0 Å². The Morgan fingerprint density at radius 3 is 2.65 bits per heavy atom. The van der Waals surface area contributed by atoms with Crippen molar-refractivity contribution in [3.63, 3.8) is 0 Å². The smallest absolute Gasteiger partial charge is 0.215 e. The van der Waals surface area contributed by atoms with Crippen LogP contribution >= 0.6 is 35.0 Å². The Balaban J connectivity index is 1.88. The third kappa shape index (κ3) is 2.61. The fourth-order valence-electron chi connectivity index (χ4n) is 1.71. The van der Waals surface area contributed by atoms with Gasteiger partial charge in [0.05, 0.1) is 10.7 Å². The Hall–Kier alpha value is -1.30. The van der Waals surface area contributed by atoms with Crippen LogP contribution in [0.5, 0.6) is 0 Å². The van der Waals surface area contributed by atoms with E-state index in [1.165, 1.54) is 21.8 Å². The van der Waals surface area contributed by atoms with Gasteiger partial charge >= 0.3 is 0 Å². The minimum absolute atomic E-state index is 0.341. The van der Waals surface area contributed by atoms with Gasteiger partial charge in [0.1, 0.15) is 0 Å². The molecule has 4 nitrogen and oxygen atoms in total. The van der Waals surface area contributed by atoms with E-state index in [1.54, 1.807) is 6.92 Å². The van der Waals surface area contributed by atoms with Gasteiger partial charge in [-0.25, -0.2) is 4.98 Å². The quantitative estimate of drug-likeness (QED) is 0.539. The van der Waals surface area contributed by atoms with Gasteiger partial charge in [-0.3, -0.25) is 0 Å². The van der Waals surface area contributed by atoms with Crippen molar-refractivity contribution in [1.82, 2.24) is 19.6 Å². The minimum atomic E-state index is 0.341. The average Bonchev–Trinajstić information content (AvgIpc) is 2.87. The zero-order valence-electron chi connectivity index (χ0n) is 10.5. The molecule has 20 heavy (non-hydrogen) atoms. The molecule has 0 saturated carbocycles. The summed E-state index contributed by atoms with van der Waals surface area (Å²) < 4.78 is 1.46. The summed E-state index contributed by atoms with van der Waals surface area (Å²) in [7, 11) is 0. The van der Waals surface area contributed by atoms with Gasteiger partial charge in [0.15, 0.2) is 5.15 Å². The van der Waals surface area contributed by atoms with Crippen LogP contribution in [0.4, 0.5) is 0 Å². The molecule has 0 fully saturated rings. The second-order valence-corrected chi connectivity index (χ2v) is 5.86. The van der Waals surface area contributed by atoms with Gasteiger partial charge in [0, 0.05) is 5.75 Å². The Morgan fingerprint density at radius 1 is 1.15 bits per heavy atom. The number of hydrogen-bond acceptors (Lipinski definition) is 4. The first-order chi connectivity index (χ1) is 9.65. The van der Waals surface area contributed by atoms with Crippen molar-refractivity contribution < 1.29 is 0 Å². The highest BCUT2D eigenvalue weighted by Gasteiger charge is 2.13. The molecule has 0 spiro atoms. The van der Waals surface area contributed by atoms with Crippen LogP contribution < -0.4 is 0 Å². The molecular formula is C13H10Cl2N4S. The van der Waals surface area contributed by atoms with E-state index in [0.29, 0.717) is 26.8 Å². The van der Waals surface area contributed by atoms with Crippen molar-refractivity contribution in [1.29, 1.82) is 0 Å². The van der Waals surface area contributed by atoms with Crippen molar-refractivity contribution in [2.24, 2.45) is 0 Å². The molecule has 0 radical (unpaired) electrons. The van der Waals surface area contributed by atoms with Gasteiger partial charge in [-0.15, -0.1) is 5.10 Å². The Labute approximate surface area is 130 Å². The van der Waals surface area contributed by atoms with Gasteiger partial charge in [-0.2, -0.15) is 9.50 Å². The molecule has 1 aromatic carbocycles. The summed E-state index contributed by atoms with van der Waals surface area (Å²) in [4.78, 5) is 8.62. The Morgan fingerprint density at radius 2 is 1.90 bits per heavy atom. The second kappa shape index (κ2) is 5.60. The van der Waals surface area contributed by atoms with E-state index in [-0.39, 0.29) is 0 Å². The largest absolute Gasteiger partial charge is 0.254 e. The minimum Gasteiger partial charge on any atom is -0.215 e. The number of aromatic nitrogens is 4. The lowest BCUT2D eigenvalue weighted by atomic mass is 10.2. The molecule has 102 valence electrons. The van der Waals surface area contributed by atoms with E-state index >= 15 is 0 Å². The number of benzene rings is 1. The molecule has 3 rings (SSSR count). The average molecular weight is 325 g/mol. The number of halogens is 2. The molecule has 0 aliphatic heterocycles. The summed E-state index contributed by atoms with van der Waals surface area (Å²) in [6.07, 6.45) is 0. The number of aryl methyl sites for hydroxylation is 1. The van der Waals surface area contributed by atoms with E-state index < -0.39 is 0 Å². The molecule has 0 atom stereocenters. The van der Waals surface area contributed by atoms with Crippen molar-refractivity contribution >= 4 is 40.7 Å². The lowest BCUT2D eigenvalue weighted by molar-refractivity contribution is 0.876. The van der Waals surface area contributed by atoms with E-state index in [0.717, 1.165) is 5.75 Å². The first-order valence-corrected chi connectivity index (χ1v) is 7.64. The van der Waals surface area contributed by atoms with Gasteiger partial charge in [0.2, 0.25) is 5.16 Å². The van der Waals surface area contributed by atoms with Crippen LogP contribution in [0.1, 0.15) is 11.3 Å². The summed E-state index contributed by atoms with van der Waals surface area (Å²) in [5, 5.41) is 5.70. The molecule has 3 aromatic rings. The summed E-state index contributed by atoms with van der Waals surface area (Å²) >= 11 is 13.7. The van der Waals surface area contributed by atoms with Gasteiger partial charge < -0.3 is 0 Å². The van der Waals surface area contributed by atoms with Crippen LogP contribution in [0.2, 0.25) is 10.2 Å². The van der Waals surface area contributed by atoms with E-state index in [9.17, 15) is 0 Å². The van der Waals surface area contributed by atoms with E-state index in [1.807, 2.05) is 18.2 Å². The number of rotatable bonds is 3. The van der Waals surface area contributed by atoms with Crippen LogP contribution in [0.3, 0.4) is 0 Å². The summed E-state index contributed by atoms with van der Waals surface area (Å²) in [5.74, 6) is 1.26. The van der Waals surface area contributed by atoms with Crippen LogP contribution in [0.15, 0.2) is 35.5 Å². The third-order valence-electron chi connectivity index (χ3n) is 2.73. The topological polar surface area (TPSA) is 43.1 Å². The molecule has 2 aromatic heterocycles. The van der Waals surface area contributed by atoms with Crippen molar-refractivity contribution in [2.45, 2.75) is 17.8 Å². The van der Waals surface area contributed by atoms with E-state index in [4.69, 9.17) is 23.2 Å². The molecule has 0 unspecified atom stereocenters. The zero-order chi connectivity index (χ0) is 14.1. The van der Waals surface area contributed by atoms with Crippen molar-refractivity contribution in [3.05, 3.63) is 51.8 Å². The van der Waals surface area contributed by atoms with Crippen LogP contribution in [-0.4, -0.2) is 19.6 Å². The lowest BCUT2D eigenvalue weighted by Gasteiger charge is -2.00. The zero-order valence-corrected chi connectivity index (χ0v) is 12.9. The fourth-order valence-corrected chi connectivity index (χ4v) is 2.86. The number of nitrogens with zero attached hydrogens (tertiary/aromatic N) is 4. The van der Waals surface area contributed by atoms with E-state index in [2.05, 4.69) is 27.2 Å². The maximum absolute atomic E-state index is 6.14. The molecule has 0 saturated heterocycles. The molecule has 0 N–H and O–H groups in total. The normalized spacial score (nSPS) is 11.2. The molecule has 7 heteroatoms. The molecule has 0 aliphatic rings. The summed E-state index contributed by atoms with van der Waals surface area (Å²) in [6.45, 7) is 1.79. The predicted octanol–water partition coefficient (Wildman–Crippen LogP) is 4.03.